The van der Waals surface area contributed by atoms with Gasteiger partial charge < -0.3 is 4.90 Å². The van der Waals surface area contributed by atoms with Gasteiger partial charge in [-0.2, -0.15) is 0 Å². The molecule has 2 spiro atoms. The molecular formula is C27H31BrN2O2S. The molecular weight excluding hydrogens is 496 g/mol. The van der Waals surface area contributed by atoms with Crippen LogP contribution in [0.3, 0.4) is 0 Å². The molecule has 4 aliphatic rings. The van der Waals surface area contributed by atoms with E-state index in [1.165, 1.54) is 44.1 Å². The average molecular weight is 528 g/mol. The summed E-state index contributed by atoms with van der Waals surface area (Å²) in [6.07, 6.45) is 12.2. The molecule has 1 heterocycles. The zero-order valence-electron chi connectivity index (χ0n) is 18.9. The van der Waals surface area contributed by atoms with E-state index >= 15 is 0 Å². The summed E-state index contributed by atoms with van der Waals surface area (Å²) in [5.74, 6) is 0.0156. The number of amides is 1. The average Bonchev–Trinajstić information content (AvgIpc) is 3.26. The fraction of sp³-hybridized carbons (Fsp3) is 0.519. The van der Waals surface area contributed by atoms with Gasteiger partial charge in [0.1, 0.15) is 11.0 Å². The first-order valence-electron chi connectivity index (χ1n) is 12.4. The third-order valence-corrected chi connectivity index (χ3v) is 10.4. The summed E-state index contributed by atoms with van der Waals surface area (Å²) < 4.78 is 17.2. The zero-order valence-corrected chi connectivity index (χ0v) is 21.3. The maximum absolute atomic E-state index is 13.8. The van der Waals surface area contributed by atoms with E-state index in [4.69, 9.17) is 0 Å². The van der Waals surface area contributed by atoms with Gasteiger partial charge in [0.05, 0.1) is 4.90 Å². The molecule has 1 amide bonds. The lowest BCUT2D eigenvalue weighted by molar-refractivity contribution is 0.0980. The summed E-state index contributed by atoms with van der Waals surface area (Å²) in [4.78, 5) is 16.4. The third kappa shape index (κ3) is 4.02. The Labute approximate surface area is 207 Å². The lowest BCUT2D eigenvalue weighted by Gasteiger charge is -2.38. The molecule has 3 fully saturated rings. The van der Waals surface area contributed by atoms with E-state index < -0.39 is 11.0 Å². The van der Waals surface area contributed by atoms with E-state index in [1.54, 1.807) is 0 Å². The predicted octanol–water partition coefficient (Wildman–Crippen LogP) is 6.26. The van der Waals surface area contributed by atoms with Crippen molar-refractivity contribution in [2.45, 2.75) is 80.6 Å². The zero-order chi connectivity index (χ0) is 22.6. The van der Waals surface area contributed by atoms with Crippen molar-refractivity contribution in [1.29, 1.82) is 0 Å². The molecule has 0 saturated heterocycles. The second-order valence-corrected chi connectivity index (χ2v) is 12.9. The SMILES string of the molecule is O=C(c1cccc(S(=O)NC2CCCC2)c1)N1CC2(CCC3(CC3)CC2)c2cc(Br)ccc21. The normalized spacial score (nSPS) is 23.7. The summed E-state index contributed by atoms with van der Waals surface area (Å²) in [7, 11) is -1.29. The van der Waals surface area contributed by atoms with Crippen LogP contribution in [0.25, 0.3) is 0 Å². The Morgan fingerprint density at radius 1 is 1.00 bits per heavy atom. The van der Waals surface area contributed by atoms with Crippen molar-refractivity contribution in [2.24, 2.45) is 5.41 Å². The second kappa shape index (κ2) is 8.31. The molecule has 4 nitrogen and oxygen atoms in total. The van der Waals surface area contributed by atoms with Gasteiger partial charge in [0.15, 0.2) is 0 Å². The number of hydrogen-bond donors (Lipinski definition) is 1. The minimum atomic E-state index is -1.29. The fourth-order valence-electron chi connectivity index (χ4n) is 6.35. The Morgan fingerprint density at radius 3 is 2.45 bits per heavy atom. The van der Waals surface area contributed by atoms with Crippen molar-refractivity contribution in [2.75, 3.05) is 11.4 Å². The minimum Gasteiger partial charge on any atom is -0.307 e. The molecule has 2 aromatic carbocycles. The smallest absolute Gasteiger partial charge is 0.258 e. The van der Waals surface area contributed by atoms with Crippen LogP contribution in [0.4, 0.5) is 5.69 Å². The highest BCUT2D eigenvalue weighted by Crippen LogP contribution is 2.62. The van der Waals surface area contributed by atoms with Crippen molar-refractivity contribution < 1.29 is 9.00 Å². The standard InChI is InChI=1S/C27H31BrN2O2S/c28-20-8-9-24-23(17-20)27(14-12-26(10-11-26)13-15-27)18-30(24)25(31)19-4-3-7-22(16-19)33(32)29-21-5-1-2-6-21/h3-4,7-9,16-17,21,29H,1-2,5-6,10-15,18H2. The number of hydrogen-bond acceptors (Lipinski definition) is 2. The number of halogens is 1. The van der Waals surface area contributed by atoms with E-state index in [-0.39, 0.29) is 11.3 Å². The first-order chi connectivity index (χ1) is 16.0. The summed E-state index contributed by atoms with van der Waals surface area (Å²) in [5, 5.41) is 0. The molecule has 3 saturated carbocycles. The van der Waals surface area contributed by atoms with Crippen molar-refractivity contribution in [3.05, 3.63) is 58.1 Å². The first kappa shape index (κ1) is 22.0. The highest BCUT2D eigenvalue weighted by atomic mass is 79.9. The number of nitrogens with one attached hydrogen (secondary N) is 1. The summed E-state index contributed by atoms with van der Waals surface area (Å²) >= 11 is 3.67. The second-order valence-electron chi connectivity index (χ2n) is 10.7. The molecule has 0 aromatic heterocycles. The van der Waals surface area contributed by atoms with E-state index in [0.29, 0.717) is 21.9 Å². The molecule has 0 radical (unpaired) electrons. The van der Waals surface area contributed by atoms with Gasteiger partial charge in [-0.1, -0.05) is 34.8 Å². The number of carbonyl (C=O) groups is 1. The van der Waals surface area contributed by atoms with E-state index in [0.717, 1.165) is 42.4 Å². The molecule has 3 aliphatic carbocycles. The topological polar surface area (TPSA) is 49.4 Å². The van der Waals surface area contributed by atoms with Crippen molar-refractivity contribution in [3.63, 3.8) is 0 Å². The van der Waals surface area contributed by atoms with Crippen LogP contribution in [0, 0.1) is 5.41 Å². The van der Waals surface area contributed by atoms with Gasteiger partial charge in [-0.15, -0.1) is 0 Å². The van der Waals surface area contributed by atoms with Gasteiger partial charge in [-0.05, 0) is 98.7 Å². The molecule has 1 atom stereocenters. The van der Waals surface area contributed by atoms with Gasteiger partial charge in [-0.25, -0.2) is 8.93 Å². The Morgan fingerprint density at radius 2 is 1.73 bits per heavy atom. The van der Waals surface area contributed by atoms with Crippen LogP contribution in [0.5, 0.6) is 0 Å². The number of carbonyl (C=O) groups excluding carboxylic acids is 1. The van der Waals surface area contributed by atoms with Crippen molar-refractivity contribution >= 4 is 38.5 Å². The van der Waals surface area contributed by atoms with Crippen LogP contribution in [-0.4, -0.2) is 22.7 Å². The monoisotopic (exact) mass is 526 g/mol. The molecule has 2 aromatic rings. The van der Waals surface area contributed by atoms with E-state index in [2.05, 4.69) is 32.8 Å². The van der Waals surface area contributed by atoms with Gasteiger partial charge in [0, 0.05) is 33.7 Å². The van der Waals surface area contributed by atoms with Crippen LogP contribution in [0.15, 0.2) is 51.8 Å². The number of fused-ring (bicyclic) bond motifs is 2. The van der Waals surface area contributed by atoms with Crippen LogP contribution in [0.2, 0.25) is 0 Å². The number of rotatable bonds is 4. The summed E-state index contributed by atoms with van der Waals surface area (Å²) in [5.41, 5.74) is 3.66. The lowest BCUT2D eigenvalue weighted by atomic mass is 9.66. The number of benzene rings is 2. The Hall–Kier alpha value is -1.50. The summed E-state index contributed by atoms with van der Waals surface area (Å²) in [6.45, 7) is 0.751. The Bertz CT molecular complexity index is 1110. The fourth-order valence-corrected chi connectivity index (χ4v) is 7.82. The van der Waals surface area contributed by atoms with Gasteiger partial charge in [-0.3, -0.25) is 4.79 Å². The molecule has 0 bridgehead atoms. The third-order valence-electron chi connectivity index (χ3n) is 8.68. The maximum Gasteiger partial charge on any atom is 0.258 e. The Balaban J connectivity index is 1.27. The highest BCUT2D eigenvalue weighted by Gasteiger charge is 2.53. The molecule has 6 heteroatoms. The van der Waals surface area contributed by atoms with Crippen molar-refractivity contribution in [1.82, 2.24) is 4.72 Å². The van der Waals surface area contributed by atoms with E-state index in [1.807, 2.05) is 35.2 Å². The number of anilines is 1. The molecule has 1 unspecified atom stereocenters. The largest absolute Gasteiger partial charge is 0.307 e. The first-order valence-corrected chi connectivity index (χ1v) is 14.3. The van der Waals surface area contributed by atoms with Crippen LogP contribution in [-0.2, 0) is 16.4 Å². The Kier molecular flexibility index (Phi) is 5.54. The van der Waals surface area contributed by atoms with Crippen LogP contribution >= 0.6 is 15.9 Å². The number of nitrogens with zero attached hydrogens (tertiary/aromatic N) is 1. The molecule has 1 aliphatic heterocycles. The van der Waals surface area contributed by atoms with Gasteiger partial charge >= 0.3 is 0 Å². The van der Waals surface area contributed by atoms with Crippen LogP contribution in [0.1, 0.15) is 80.1 Å². The maximum atomic E-state index is 13.8. The quantitative estimate of drug-likeness (QED) is 0.511. The predicted molar refractivity (Wildman–Crippen MR) is 136 cm³/mol. The van der Waals surface area contributed by atoms with Gasteiger partial charge in [0.2, 0.25) is 0 Å². The lowest BCUT2D eigenvalue weighted by Crippen LogP contribution is -2.40. The molecule has 33 heavy (non-hydrogen) atoms. The molecule has 1 N–H and O–H groups in total. The van der Waals surface area contributed by atoms with Crippen LogP contribution < -0.4 is 9.62 Å². The highest BCUT2D eigenvalue weighted by molar-refractivity contribution is 9.10. The van der Waals surface area contributed by atoms with Crippen molar-refractivity contribution in [3.8, 4) is 0 Å². The minimum absolute atomic E-state index is 0.0156. The molecule has 6 rings (SSSR count). The summed E-state index contributed by atoms with van der Waals surface area (Å²) in [6, 6.07) is 14.1. The van der Waals surface area contributed by atoms with E-state index in [9.17, 15) is 9.00 Å². The molecule has 174 valence electrons. The van der Waals surface area contributed by atoms with Gasteiger partial charge in [0.25, 0.3) is 5.91 Å².